The van der Waals surface area contributed by atoms with Crippen LogP contribution in [-0.4, -0.2) is 30.8 Å². The number of carbonyl (C=O) groups is 2. The van der Waals surface area contributed by atoms with Gasteiger partial charge in [0.25, 0.3) is 0 Å². The van der Waals surface area contributed by atoms with E-state index in [1.54, 1.807) is 51.1 Å². The van der Waals surface area contributed by atoms with Crippen LogP contribution in [0.5, 0.6) is 17.2 Å². The van der Waals surface area contributed by atoms with Gasteiger partial charge in [0.15, 0.2) is 5.78 Å². The Morgan fingerprint density at radius 3 is 2.14 bits per heavy atom. The van der Waals surface area contributed by atoms with Crippen LogP contribution in [0.15, 0.2) is 55.1 Å². The molecule has 0 bridgehead atoms. The van der Waals surface area contributed by atoms with Crippen molar-refractivity contribution in [3.05, 3.63) is 71.8 Å². The number of allylic oxidation sites excluding steroid dienone is 2. The maximum atomic E-state index is 12.9. The number of rotatable bonds is 12. The number of ketones is 1. The van der Waals surface area contributed by atoms with Gasteiger partial charge in [0.2, 0.25) is 6.79 Å². The first kappa shape index (κ1) is 28.7. The molecule has 0 N–H and O–H groups in total. The lowest BCUT2D eigenvalue weighted by molar-refractivity contribution is -0.159. The summed E-state index contributed by atoms with van der Waals surface area (Å²) in [5.74, 6) is 1.29. The highest BCUT2D eigenvalue weighted by molar-refractivity contribution is 6.07. The molecule has 0 fully saturated rings. The summed E-state index contributed by atoms with van der Waals surface area (Å²) in [5, 5.41) is 0. The molecule has 0 atom stereocenters. The third-order valence-corrected chi connectivity index (χ3v) is 4.89. The summed E-state index contributed by atoms with van der Waals surface area (Å²) in [5.41, 5.74) is 1.57. The summed E-state index contributed by atoms with van der Waals surface area (Å²) in [6.45, 7) is 16.8. The first-order valence-electron chi connectivity index (χ1n) is 12.1. The van der Waals surface area contributed by atoms with E-state index < -0.39 is 5.41 Å². The topological polar surface area (TPSA) is 71.1 Å². The Kier molecular flexibility index (Phi) is 10.3. The molecule has 36 heavy (non-hydrogen) atoms. The van der Waals surface area contributed by atoms with E-state index in [0.29, 0.717) is 34.8 Å². The molecule has 194 valence electrons. The second kappa shape index (κ2) is 13.0. The zero-order chi connectivity index (χ0) is 26.9. The monoisotopic (exact) mass is 494 g/mol. The van der Waals surface area contributed by atoms with Crippen LogP contribution in [0.4, 0.5) is 0 Å². The largest absolute Gasteiger partial charge is 0.490 e. The van der Waals surface area contributed by atoms with Crippen molar-refractivity contribution in [1.82, 2.24) is 0 Å². The van der Waals surface area contributed by atoms with Crippen molar-refractivity contribution in [3.63, 3.8) is 0 Å². The Bertz CT molecular complexity index is 1070. The number of benzene rings is 2. The molecule has 0 aliphatic heterocycles. The van der Waals surface area contributed by atoms with Gasteiger partial charge in [-0.2, -0.15) is 0 Å². The van der Waals surface area contributed by atoms with Gasteiger partial charge in [-0.25, -0.2) is 0 Å². The standard InChI is InChI=1S/C30H38O6/c1-9-10-23-13-18-27(35-20(2)3)25(28(23)36-21(4)5)16-17-26(31)22-11-14-24(15-12-22)33-19-34-29(32)30(6,7)8/h9,11-18,20-21H,1,10,19H2,2-8H3/b17-16+. The van der Waals surface area contributed by atoms with Crippen LogP contribution < -0.4 is 14.2 Å². The molecule has 0 saturated heterocycles. The van der Waals surface area contributed by atoms with Crippen LogP contribution in [0.3, 0.4) is 0 Å². The van der Waals surface area contributed by atoms with Crippen molar-refractivity contribution in [2.75, 3.05) is 6.79 Å². The van der Waals surface area contributed by atoms with E-state index in [-0.39, 0.29) is 30.8 Å². The normalized spacial score (nSPS) is 11.6. The van der Waals surface area contributed by atoms with Crippen LogP contribution >= 0.6 is 0 Å². The number of ether oxygens (including phenoxy) is 4. The maximum Gasteiger partial charge on any atom is 0.314 e. The minimum Gasteiger partial charge on any atom is -0.490 e. The van der Waals surface area contributed by atoms with Gasteiger partial charge in [-0.3, -0.25) is 9.59 Å². The van der Waals surface area contributed by atoms with Gasteiger partial charge < -0.3 is 18.9 Å². The van der Waals surface area contributed by atoms with Gasteiger partial charge in [-0.1, -0.05) is 12.1 Å². The average Bonchev–Trinajstić information content (AvgIpc) is 2.79. The molecule has 2 rings (SSSR count). The minimum atomic E-state index is -0.600. The molecular formula is C30H38O6. The fraction of sp³-hybridized carbons (Fsp3) is 0.400. The maximum absolute atomic E-state index is 12.9. The number of hydrogen-bond acceptors (Lipinski definition) is 6. The predicted octanol–water partition coefficient (Wildman–Crippen LogP) is 6.81. The Balaban J connectivity index is 2.23. The van der Waals surface area contributed by atoms with Crippen molar-refractivity contribution in [1.29, 1.82) is 0 Å². The summed E-state index contributed by atoms with van der Waals surface area (Å²) >= 11 is 0. The van der Waals surface area contributed by atoms with Crippen molar-refractivity contribution >= 4 is 17.8 Å². The predicted molar refractivity (Wildman–Crippen MR) is 143 cm³/mol. The highest BCUT2D eigenvalue weighted by Crippen LogP contribution is 2.36. The molecule has 2 aromatic rings. The second-order valence-electron chi connectivity index (χ2n) is 9.96. The summed E-state index contributed by atoms with van der Waals surface area (Å²) in [6, 6.07) is 10.5. The lowest BCUT2D eigenvalue weighted by atomic mass is 9.98. The van der Waals surface area contributed by atoms with Gasteiger partial charge in [0.1, 0.15) is 17.2 Å². The molecule has 0 aliphatic rings. The Labute approximate surface area is 214 Å². The van der Waals surface area contributed by atoms with Crippen LogP contribution in [0, 0.1) is 5.41 Å². The highest BCUT2D eigenvalue weighted by atomic mass is 16.7. The first-order valence-corrected chi connectivity index (χ1v) is 12.1. The number of hydrogen-bond donors (Lipinski definition) is 0. The lowest BCUT2D eigenvalue weighted by Gasteiger charge is -2.20. The molecule has 2 aromatic carbocycles. The zero-order valence-corrected chi connectivity index (χ0v) is 22.4. The quantitative estimate of drug-likeness (QED) is 0.106. The molecule has 0 radical (unpaired) electrons. The molecule has 6 heteroatoms. The molecule has 0 aliphatic carbocycles. The molecule has 0 unspecified atom stereocenters. The van der Waals surface area contributed by atoms with E-state index in [2.05, 4.69) is 6.58 Å². The van der Waals surface area contributed by atoms with E-state index in [4.69, 9.17) is 18.9 Å². The van der Waals surface area contributed by atoms with Crippen molar-refractivity contribution in [2.45, 2.75) is 67.1 Å². The summed E-state index contributed by atoms with van der Waals surface area (Å²) in [6.07, 6.45) is 5.60. The van der Waals surface area contributed by atoms with Crippen LogP contribution in [0.25, 0.3) is 6.08 Å². The zero-order valence-electron chi connectivity index (χ0n) is 22.4. The molecule has 0 aromatic heterocycles. The Morgan fingerprint density at radius 2 is 1.58 bits per heavy atom. The smallest absolute Gasteiger partial charge is 0.314 e. The van der Waals surface area contributed by atoms with Crippen LogP contribution in [0.2, 0.25) is 0 Å². The van der Waals surface area contributed by atoms with Crippen LogP contribution in [-0.2, 0) is 16.0 Å². The van der Waals surface area contributed by atoms with Gasteiger partial charge in [-0.15, -0.1) is 6.58 Å². The molecule has 0 saturated carbocycles. The van der Waals surface area contributed by atoms with Crippen molar-refractivity contribution in [2.24, 2.45) is 5.41 Å². The van der Waals surface area contributed by atoms with Gasteiger partial charge in [0.05, 0.1) is 23.2 Å². The summed E-state index contributed by atoms with van der Waals surface area (Å²) < 4.78 is 22.7. The molecule has 0 spiro atoms. The molecular weight excluding hydrogens is 456 g/mol. The number of esters is 1. The van der Waals surface area contributed by atoms with E-state index >= 15 is 0 Å². The van der Waals surface area contributed by atoms with Crippen LogP contribution in [0.1, 0.15) is 70.0 Å². The van der Waals surface area contributed by atoms with E-state index in [1.165, 1.54) is 6.08 Å². The first-order chi connectivity index (χ1) is 16.9. The van der Waals surface area contributed by atoms with Crippen molar-refractivity contribution < 1.29 is 28.5 Å². The fourth-order valence-electron chi connectivity index (χ4n) is 3.17. The molecule has 0 heterocycles. The molecule has 0 amide bonds. The van der Waals surface area contributed by atoms with E-state index in [0.717, 1.165) is 5.56 Å². The summed E-state index contributed by atoms with van der Waals surface area (Å²) in [7, 11) is 0. The minimum absolute atomic E-state index is 0.0415. The van der Waals surface area contributed by atoms with Gasteiger partial charge >= 0.3 is 5.97 Å². The second-order valence-corrected chi connectivity index (χ2v) is 9.96. The Morgan fingerprint density at radius 1 is 0.944 bits per heavy atom. The molecule has 6 nitrogen and oxygen atoms in total. The summed E-state index contributed by atoms with van der Waals surface area (Å²) in [4.78, 5) is 24.8. The lowest BCUT2D eigenvalue weighted by Crippen LogP contribution is -2.24. The fourth-order valence-corrected chi connectivity index (χ4v) is 3.17. The third kappa shape index (κ3) is 8.59. The SMILES string of the molecule is C=CCc1ccc(OC(C)C)c(/C=C/C(=O)c2ccc(OCOC(=O)C(C)(C)C)cc2)c1OC(C)C. The third-order valence-electron chi connectivity index (χ3n) is 4.89. The Hall–Kier alpha value is -3.54. The van der Waals surface area contributed by atoms with Gasteiger partial charge in [-0.05, 0) is 103 Å². The highest BCUT2D eigenvalue weighted by Gasteiger charge is 2.23. The average molecular weight is 495 g/mol. The number of carbonyl (C=O) groups excluding carboxylic acids is 2. The van der Waals surface area contributed by atoms with Gasteiger partial charge in [0, 0.05) is 5.56 Å². The van der Waals surface area contributed by atoms with E-state index in [9.17, 15) is 9.59 Å². The van der Waals surface area contributed by atoms with Crippen molar-refractivity contribution in [3.8, 4) is 17.2 Å². The van der Waals surface area contributed by atoms with E-state index in [1.807, 2.05) is 45.9 Å².